The number of hydrogen-bond acceptors (Lipinski definition) is 3. The first-order chi connectivity index (χ1) is 14.0. The van der Waals surface area contributed by atoms with Crippen LogP contribution in [0.25, 0.3) is 0 Å². The fourth-order valence-corrected chi connectivity index (χ4v) is 5.70. The Morgan fingerprint density at radius 2 is 1.66 bits per heavy atom. The molecule has 2 N–H and O–H groups in total. The SMILES string of the molecule is CC(C(CCO)c1ccc(O)cc1)N1C[C@@H]2CC(F)(Cc3ccccc3)C[C@@H]2C1. The number of hydrogen-bond donors (Lipinski definition) is 2. The molecule has 1 aliphatic carbocycles. The Morgan fingerprint density at radius 1 is 1.03 bits per heavy atom. The van der Waals surface area contributed by atoms with Gasteiger partial charge in [0.1, 0.15) is 11.4 Å². The van der Waals surface area contributed by atoms with E-state index in [0.29, 0.717) is 37.5 Å². The van der Waals surface area contributed by atoms with Crippen LogP contribution >= 0.6 is 0 Å². The highest BCUT2D eigenvalue weighted by atomic mass is 19.1. The number of aliphatic hydroxyl groups is 1. The van der Waals surface area contributed by atoms with Crippen LogP contribution in [0.2, 0.25) is 0 Å². The molecule has 1 saturated carbocycles. The van der Waals surface area contributed by atoms with E-state index in [4.69, 9.17) is 0 Å². The fourth-order valence-electron chi connectivity index (χ4n) is 5.70. The molecule has 0 bridgehead atoms. The van der Waals surface area contributed by atoms with Gasteiger partial charge in [-0.05, 0) is 61.3 Å². The average Bonchev–Trinajstić information content (AvgIpc) is 3.22. The molecule has 4 heteroatoms. The highest BCUT2D eigenvalue weighted by Gasteiger charge is 2.50. The van der Waals surface area contributed by atoms with E-state index in [-0.39, 0.29) is 24.3 Å². The molecular formula is C25H32FNO2. The molecule has 1 aliphatic heterocycles. The molecule has 3 nitrogen and oxygen atoms in total. The van der Waals surface area contributed by atoms with E-state index in [1.54, 1.807) is 12.1 Å². The molecule has 0 amide bonds. The molecule has 0 aromatic heterocycles. The largest absolute Gasteiger partial charge is 0.508 e. The number of phenolic OH excluding ortho intramolecular Hbond substituents is 1. The Hall–Kier alpha value is -1.91. The summed E-state index contributed by atoms with van der Waals surface area (Å²) in [6.45, 7) is 4.24. The first-order valence-electron chi connectivity index (χ1n) is 10.8. The van der Waals surface area contributed by atoms with Crippen molar-refractivity contribution in [3.05, 3.63) is 65.7 Å². The predicted octanol–water partition coefficient (Wildman–Crippen LogP) is 4.54. The second-order valence-electron chi connectivity index (χ2n) is 9.15. The van der Waals surface area contributed by atoms with E-state index >= 15 is 4.39 Å². The topological polar surface area (TPSA) is 43.7 Å². The van der Waals surface area contributed by atoms with Crippen molar-refractivity contribution in [1.82, 2.24) is 4.90 Å². The average molecular weight is 398 g/mol. The van der Waals surface area contributed by atoms with E-state index in [1.165, 1.54) is 0 Å². The van der Waals surface area contributed by atoms with Gasteiger partial charge in [-0.2, -0.15) is 0 Å². The molecule has 2 fully saturated rings. The molecule has 2 aromatic carbocycles. The van der Waals surface area contributed by atoms with E-state index in [0.717, 1.165) is 24.2 Å². The fraction of sp³-hybridized carbons (Fsp3) is 0.520. The molecule has 1 saturated heterocycles. The van der Waals surface area contributed by atoms with Gasteiger partial charge in [0.2, 0.25) is 0 Å². The summed E-state index contributed by atoms with van der Waals surface area (Å²) >= 11 is 0. The van der Waals surface area contributed by atoms with E-state index in [2.05, 4.69) is 11.8 Å². The number of halogens is 1. The van der Waals surface area contributed by atoms with Crippen LogP contribution in [0.1, 0.15) is 43.2 Å². The van der Waals surface area contributed by atoms with E-state index < -0.39 is 5.67 Å². The molecule has 0 spiro atoms. The van der Waals surface area contributed by atoms with Gasteiger partial charge in [-0.1, -0.05) is 42.5 Å². The monoisotopic (exact) mass is 397 g/mol. The van der Waals surface area contributed by atoms with Crippen LogP contribution in [-0.2, 0) is 6.42 Å². The summed E-state index contributed by atoms with van der Waals surface area (Å²) in [6.07, 6.45) is 2.52. The van der Waals surface area contributed by atoms with Crippen molar-refractivity contribution in [3.63, 3.8) is 0 Å². The van der Waals surface area contributed by atoms with Gasteiger partial charge < -0.3 is 10.2 Å². The van der Waals surface area contributed by atoms with Crippen molar-refractivity contribution in [1.29, 1.82) is 0 Å². The van der Waals surface area contributed by atoms with Gasteiger partial charge in [-0.3, -0.25) is 4.90 Å². The second kappa shape index (κ2) is 8.45. The molecule has 5 atom stereocenters. The van der Waals surface area contributed by atoms with E-state index in [1.807, 2.05) is 42.5 Å². The van der Waals surface area contributed by atoms with Crippen LogP contribution in [-0.4, -0.2) is 46.5 Å². The quantitative estimate of drug-likeness (QED) is 0.721. The highest BCUT2D eigenvalue weighted by molar-refractivity contribution is 5.29. The first-order valence-corrected chi connectivity index (χ1v) is 10.8. The van der Waals surface area contributed by atoms with Crippen LogP contribution in [0.4, 0.5) is 4.39 Å². The maximum atomic E-state index is 15.6. The summed E-state index contributed by atoms with van der Waals surface area (Å²) in [7, 11) is 0. The third-order valence-corrected chi connectivity index (χ3v) is 7.14. The Balaban J connectivity index is 1.40. The molecule has 4 rings (SSSR count). The summed E-state index contributed by atoms with van der Waals surface area (Å²) in [5.74, 6) is 1.30. The van der Waals surface area contributed by atoms with Gasteiger partial charge in [0, 0.05) is 38.1 Å². The zero-order valence-electron chi connectivity index (χ0n) is 17.2. The Labute approximate surface area is 173 Å². The van der Waals surface area contributed by atoms with E-state index in [9.17, 15) is 10.2 Å². The lowest BCUT2D eigenvalue weighted by Gasteiger charge is -2.33. The number of aliphatic hydroxyl groups excluding tert-OH is 1. The minimum absolute atomic E-state index is 0.140. The van der Waals surface area contributed by atoms with Crippen LogP contribution < -0.4 is 0 Å². The number of phenols is 1. The van der Waals surface area contributed by atoms with Crippen LogP contribution in [0.5, 0.6) is 5.75 Å². The normalized spacial score (nSPS) is 28.9. The summed E-state index contributed by atoms with van der Waals surface area (Å²) in [5.41, 5.74) is 1.16. The number of benzene rings is 2. The Bertz CT molecular complexity index is 780. The van der Waals surface area contributed by atoms with Crippen molar-refractivity contribution < 1.29 is 14.6 Å². The zero-order chi connectivity index (χ0) is 20.4. The van der Waals surface area contributed by atoms with Gasteiger partial charge in [0.15, 0.2) is 0 Å². The third-order valence-electron chi connectivity index (χ3n) is 7.14. The van der Waals surface area contributed by atoms with Crippen LogP contribution in [0.3, 0.4) is 0 Å². The van der Waals surface area contributed by atoms with Gasteiger partial charge in [0.05, 0.1) is 0 Å². The van der Waals surface area contributed by atoms with Crippen LogP contribution in [0, 0.1) is 11.8 Å². The minimum atomic E-state index is -1.08. The molecular weight excluding hydrogens is 365 g/mol. The number of aromatic hydroxyl groups is 1. The van der Waals surface area contributed by atoms with Gasteiger partial charge >= 0.3 is 0 Å². The maximum absolute atomic E-state index is 15.6. The standard InChI is InChI=1S/C25H32FNO2/c1-18(24(11-12-28)20-7-9-23(29)10-8-20)27-16-21-14-25(26,15-22(21)17-27)13-19-5-3-2-4-6-19/h2-10,18,21-22,24,28-29H,11-17H2,1H3/t18?,21-,22+,24?,25?. The lowest BCUT2D eigenvalue weighted by atomic mass is 9.88. The Kier molecular flexibility index (Phi) is 5.93. The molecule has 1 heterocycles. The molecule has 156 valence electrons. The first kappa shape index (κ1) is 20.4. The summed E-state index contributed by atoms with van der Waals surface area (Å²) in [5, 5.41) is 19.2. The molecule has 29 heavy (non-hydrogen) atoms. The maximum Gasteiger partial charge on any atom is 0.115 e. The molecule has 0 radical (unpaired) electrons. The predicted molar refractivity (Wildman–Crippen MR) is 114 cm³/mol. The zero-order valence-corrected chi connectivity index (χ0v) is 17.2. The number of rotatable bonds is 7. The van der Waals surface area contributed by atoms with Crippen molar-refractivity contribution in [3.8, 4) is 5.75 Å². The van der Waals surface area contributed by atoms with Crippen molar-refractivity contribution in [2.45, 2.75) is 50.2 Å². The smallest absolute Gasteiger partial charge is 0.115 e. The number of likely N-dealkylation sites (tertiary alicyclic amines) is 1. The van der Waals surface area contributed by atoms with Crippen LogP contribution in [0.15, 0.2) is 54.6 Å². The third kappa shape index (κ3) is 4.49. The van der Waals surface area contributed by atoms with Crippen molar-refractivity contribution in [2.24, 2.45) is 11.8 Å². The summed E-state index contributed by atoms with van der Waals surface area (Å²) in [6, 6.07) is 17.6. The lowest BCUT2D eigenvalue weighted by Crippen LogP contribution is -2.38. The van der Waals surface area contributed by atoms with Gasteiger partial charge in [-0.15, -0.1) is 0 Å². The lowest BCUT2D eigenvalue weighted by molar-refractivity contribution is 0.130. The summed E-state index contributed by atoms with van der Waals surface area (Å²) < 4.78 is 15.6. The van der Waals surface area contributed by atoms with Crippen molar-refractivity contribution >= 4 is 0 Å². The number of fused-ring (bicyclic) bond motifs is 1. The second-order valence-corrected chi connectivity index (χ2v) is 9.15. The highest BCUT2D eigenvalue weighted by Crippen LogP contribution is 2.48. The molecule has 2 aliphatic rings. The van der Waals surface area contributed by atoms with Gasteiger partial charge in [-0.25, -0.2) is 4.39 Å². The van der Waals surface area contributed by atoms with Crippen molar-refractivity contribution in [2.75, 3.05) is 19.7 Å². The van der Waals surface area contributed by atoms with Gasteiger partial charge in [0.25, 0.3) is 0 Å². The summed E-state index contributed by atoms with van der Waals surface area (Å²) in [4.78, 5) is 2.49. The number of nitrogens with zero attached hydrogens (tertiary/aromatic N) is 1. The minimum Gasteiger partial charge on any atom is -0.508 e. The molecule has 2 aromatic rings. The Morgan fingerprint density at radius 3 is 2.24 bits per heavy atom. The number of alkyl halides is 1. The molecule has 3 unspecified atom stereocenters.